The second-order valence-electron chi connectivity index (χ2n) is 3.84. The van der Waals surface area contributed by atoms with Crippen LogP contribution in [0, 0.1) is 6.92 Å². The van der Waals surface area contributed by atoms with Crippen molar-refractivity contribution >= 4 is 0 Å². The number of ether oxygens (including phenoxy) is 1. The molecule has 5 nitrogen and oxygen atoms in total. The van der Waals surface area contributed by atoms with Crippen LogP contribution < -0.4 is 10.5 Å². The Morgan fingerprint density at radius 1 is 1.53 bits per heavy atom. The minimum Gasteiger partial charge on any atom is -0.482 e. The maximum Gasteiger partial charge on any atom is 0.157 e. The molecular weight excluding hydrogens is 218 g/mol. The average Bonchev–Trinajstić information content (AvgIpc) is 2.92. The van der Waals surface area contributed by atoms with Crippen molar-refractivity contribution in [2.45, 2.75) is 33.5 Å². The van der Waals surface area contributed by atoms with Gasteiger partial charge in [0.25, 0.3) is 0 Å². The Bertz CT molecular complexity index is 488. The molecule has 17 heavy (non-hydrogen) atoms. The summed E-state index contributed by atoms with van der Waals surface area (Å²) >= 11 is 0. The maximum absolute atomic E-state index is 5.57. The third-order valence-electron chi connectivity index (χ3n) is 2.57. The number of nitrogens with two attached hydrogens (primary N) is 1. The summed E-state index contributed by atoms with van der Waals surface area (Å²) < 4.78 is 12.9. The summed E-state index contributed by atoms with van der Waals surface area (Å²) in [5.41, 5.74) is 6.61. The summed E-state index contributed by atoms with van der Waals surface area (Å²) in [6, 6.07) is 1.95. The van der Waals surface area contributed by atoms with E-state index in [-0.39, 0.29) is 0 Å². The predicted octanol–water partition coefficient (Wildman–Crippen LogP) is 1.84. The minimum atomic E-state index is 0.399. The number of furan rings is 1. The summed E-state index contributed by atoms with van der Waals surface area (Å²) in [7, 11) is 0. The fourth-order valence-corrected chi connectivity index (χ4v) is 1.61. The van der Waals surface area contributed by atoms with E-state index in [0.29, 0.717) is 13.2 Å². The summed E-state index contributed by atoms with van der Waals surface area (Å²) in [6.45, 7) is 5.65. The highest BCUT2D eigenvalue weighted by Crippen LogP contribution is 2.16. The van der Waals surface area contributed by atoms with Crippen molar-refractivity contribution in [1.82, 2.24) is 9.78 Å². The van der Waals surface area contributed by atoms with Crippen LogP contribution in [0.3, 0.4) is 0 Å². The standard InChI is InChI=1S/C12H17N3O2/c1-3-15-7-11(6-14-15)16-8-10-4-9(2)12(5-13)17-10/h4,6-7H,3,5,8,13H2,1-2H3. The van der Waals surface area contributed by atoms with Gasteiger partial charge in [0.2, 0.25) is 0 Å². The number of hydrogen-bond donors (Lipinski definition) is 1. The predicted molar refractivity (Wildman–Crippen MR) is 63.6 cm³/mol. The van der Waals surface area contributed by atoms with Gasteiger partial charge < -0.3 is 14.9 Å². The molecule has 0 amide bonds. The van der Waals surface area contributed by atoms with E-state index >= 15 is 0 Å². The quantitative estimate of drug-likeness (QED) is 0.858. The lowest BCUT2D eigenvalue weighted by Crippen LogP contribution is -1.96. The third-order valence-corrected chi connectivity index (χ3v) is 2.57. The van der Waals surface area contributed by atoms with Gasteiger partial charge in [0.1, 0.15) is 18.1 Å². The van der Waals surface area contributed by atoms with Crippen LogP contribution >= 0.6 is 0 Å². The van der Waals surface area contributed by atoms with Crippen LogP contribution in [-0.4, -0.2) is 9.78 Å². The molecule has 0 aliphatic heterocycles. The largest absolute Gasteiger partial charge is 0.482 e. The fraction of sp³-hybridized carbons (Fsp3) is 0.417. The van der Waals surface area contributed by atoms with Crippen LogP contribution in [-0.2, 0) is 19.7 Å². The van der Waals surface area contributed by atoms with E-state index in [9.17, 15) is 0 Å². The van der Waals surface area contributed by atoms with E-state index < -0.39 is 0 Å². The van der Waals surface area contributed by atoms with Gasteiger partial charge in [-0.25, -0.2) is 0 Å². The van der Waals surface area contributed by atoms with Gasteiger partial charge in [-0.1, -0.05) is 0 Å². The first-order chi connectivity index (χ1) is 8.22. The molecular formula is C12H17N3O2. The Morgan fingerprint density at radius 3 is 2.94 bits per heavy atom. The molecule has 2 aromatic heterocycles. The van der Waals surface area contributed by atoms with Gasteiger partial charge in [0, 0.05) is 6.54 Å². The molecule has 2 aromatic rings. The Balaban J connectivity index is 1.97. The SMILES string of the molecule is CCn1cc(OCc2cc(C)c(CN)o2)cn1. The number of nitrogens with zero attached hydrogens (tertiary/aromatic N) is 2. The van der Waals surface area contributed by atoms with Gasteiger partial charge in [-0.2, -0.15) is 5.10 Å². The smallest absolute Gasteiger partial charge is 0.157 e. The number of rotatable bonds is 5. The van der Waals surface area contributed by atoms with Crippen molar-refractivity contribution in [3.8, 4) is 5.75 Å². The highest BCUT2D eigenvalue weighted by molar-refractivity contribution is 5.20. The molecule has 2 rings (SSSR count). The second kappa shape index (κ2) is 5.05. The lowest BCUT2D eigenvalue weighted by Gasteiger charge is -1.99. The molecule has 0 unspecified atom stereocenters. The Hall–Kier alpha value is -1.75. The molecule has 0 aliphatic carbocycles. The minimum absolute atomic E-state index is 0.399. The molecule has 2 heterocycles. The summed E-state index contributed by atoms with van der Waals surface area (Å²) in [4.78, 5) is 0. The zero-order chi connectivity index (χ0) is 12.3. The van der Waals surface area contributed by atoms with Crippen LogP contribution in [0.4, 0.5) is 0 Å². The lowest BCUT2D eigenvalue weighted by molar-refractivity contribution is 0.266. The number of aryl methyl sites for hydroxylation is 2. The molecule has 0 saturated heterocycles. The molecule has 92 valence electrons. The van der Waals surface area contributed by atoms with Crippen LogP contribution in [0.15, 0.2) is 22.9 Å². The van der Waals surface area contributed by atoms with Crippen molar-refractivity contribution < 1.29 is 9.15 Å². The van der Waals surface area contributed by atoms with Crippen molar-refractivity contribution in [2.24, 2.45) is 5.73 Å². The van der Waals surface area contributed by atoms with Crippen molar-refractivity contribution in [1.29, 1.82) is 0 Å². The van der Waals surface area contributed by atoms with Crippen molar-refractivity contribution in [2.75, 3.05) is 0 Å². The highest BCUT2D eigenvalue weighted by Gasteiger charge is 2.07. The molecule has 0 saturated carbocycles. The molecule has 0 atom stereocenters. The normalized spacial score (nSPS) is 10.8. The van der Waals surface area contributed by atoms with Gasteiger partial charge in [0.05, 0.1) is 18.9 Å². The van der Waals surface area contributed by atoms with Gasteiger partial charge in [-0.05, 0) is 25.5 Å². The lowest BCUT2D eigenvalue weighted by atomic mass is 10.3. The topological polar surface area (TPSA) is 66.2 Å². The molecule has 2 N–H and O–H groups in total. The van der Waals surface area contributed by atoms with Gasteiger partial charge in [-0.3, -0.25) is 4.68 Å². The van der Waals surface area contributed by atoms with Crippen LogP contribution in [0.1, 0.15) is 24.0 Å². The first-order valence-corrected chi connectivity index (χ1v) is 5.66. The molecule has 5 heteroatoms. The molecule has 0 radical (unpaired) electrons. The van der Waals surface area contributed by atoms with Gasteiger partial charge >= 0.3 is 0 Å². The highest BCUT2D eigenvalue weighted by atomic mass is 16.5. The summed E-state index contributed by atoms with van der Waals surface area (Å²) in [5.74, 6) is 2.34. The molecule has 0 spiro atoms. The van der Waals surface area contributed by atoms with E-state index in [4.69, 9.17) is 14.9 Å². The fourth-order valence-electron chi connectivity index (χ4n) is 1.61. The molecule has 0 bridgehead atoms. The van der Waals surface area contributed by atoms with E-state index in [1.54, 1.807) is 6.20 Å². The third kappa shape index (κ3) is 2.68. The summed E-state index contributed by atoms with van der Waals surface area (Å²) in [5, 5.41) is 4.13. The van der Waals surface area contributed by atoms with E-state index in [2.05, 4.69) is 5.10 Å². The van der Waals surface area contributed by atoms with Crippen LogP contribution in [0.25, 0.3) is 0 Å². The van der Waals surface area contributed by atoms with E-state index in [1.165, 1.54) is 0 Å². The molecule has 0 fully saturated rings. The van der Waals surface area contributed by atoms with Crippen LogP contribution in [0.5, 0.6) is 5.75 Å². The van der Waals surface area contributed by atoms with E-state index in [1.807, 2.05) is 30.8 Å². The Morgan fingerprint density at radius 2 is 2.35 bits per heavy atom. The van der Waals surface area contributed by atoms with Gasteiger partial charge in [0.15, 0.2) is 5.75 Å². The Kier molecular flexibility index (Phi) is 3.49. The Labute approximate surface area is 100 Å². The molecule has 0 aromatic carbocycles. The second-order valence-corrected chi connectivity index (χ2v) is 3.84. The van der Waals surface area contributed by atoms with Crippen molar-refractivity contribution in [3.05, 3.63) is 35.5 Å². The number of aromatic nitrogens is 2. The van der Waals surface area contributed by atoms with Crippen LogP contribution in [0.2, 0.25) is 0 Å². The first-order valence-electron chi connectivity index (χ1n) is 5.66. The summed E-state index contributed by atoms with van der Waals surface area (Å²) in [6.07, 6.45) is 3.56. The van der Waals surface area contributed by atoms with E-state index in [0.717, 1.165) is 29.4 Å². The van der Waals surface area contributed by atoms with Crippen molar-refractivity contribution in [3.63, 3.8) is 0 Å². The first kappa shape index (κ1) is 11.7. The number of hydrogen-bond acceptors (Lipinski definition) is 4. The average molecular weight is 235 g/mol. The molecule has 0 aliphatic rings. The zero-order valence-corrected chi connectivity index (χ0v) is 10.1. The maximum atomic E-state index is 5.57. The van der Waals surface area contributed by atoms with Gasteiger partial charge in [-0.15, -0.1) is 0 Å². The zero-order valence-electron chi connectivity index (χ0n) is 10.1. The monoisotopic (exact) mass is 235 g/mol.